The molecule has 2 aliphatic rings. The second-order valence-corrected chi connectivity index (χ2v) is 8.68. The Hall–Kier alpha value is -1.62. The highest BCUT2D eigenvalue weighted by Gasteiger charge is 2.45. The van der Waals surface area contributed by atoms with Crippen molar-refractivity contribution in [1.29, 1.82) is 0 Å². The third kappa shape index (κ3) is 2.69. The van der Waals surface area contributed by atoms with Crippen LogP contribution in [-0.4, -0.2) is 14.5 Å². The van der Waals surface area contributed by atoms with Gasteiger partial charge in [-0.1, -0.05) is 43.1 Å². The summed E-state index contributed by atoms with van der Waals surface area (Å²) in [6.45, 7) is 5.33. The summed E-state index contributed by atoms with van der Waals surface area (Å²) in [6.07, 6.45) is 4.84. The molecule has 140 valence electrons. The molecule has 0 amide bonds. The van der Waals surface area contributed by atoms with E-state index in [1.807, 2.05) is 18.2 Å². The van der Waals surface area contributed by atoms with Crippen LogP contribution in [0.2, 0.25) is 10.2 Å². The third-order valence-corrected chi connectivity index (χ3v) is 7.20. The van der Waals surface area contributed by atoms with Crippen LogP contribution in [-0.2, 0) is 11.3 Å². The zero-order valence-electron chi connectivity index (χ0n) is 15.3. The van der Waals surface area contributed by atoms with Gasteiger partial charge < -0.3 is 9.30 Å². The number of nitrogens with zero attached hydrogens (tertiary/aromatic N) is 3. The van der Waals surface area contributed by atoms with E-state index in [1.165, 1.54) is 11.1 Å². The van der Waals surface area contributed by atoms with Crippen molar-refractivity contribution in [2.75, 3.05) is 0 Å². The molecule has 0 radical (unpaired) electrons. The molecule has 1 aliphatic heterocycles. The van der Waals surface area contributed by atoms with Crippen molar-refractivity contribution in [2.24, 2.45) is 17.8 Å². The minimum Gasteiger partial charge on any atom is -0.369 e. The fraction of sp³-hybridized carbons (Fsp3) is 0.429. The van der Waals surface area contributed by atoms with Crippen LogP contribution < -0.4 is 0 Å². The van der Waals surface area contributed by atoms with Crippen LogP contribution in [0, 0.1) is 17.8 Å². The number of hydrogen-bond donors (Lipinski definition) is 0. The average Bonchev–Trinajstić information content (AvgIpc) is 3.33. The van der Waals surface area contributed by atoms with Crippen LogP contribution in [0.4, 0.5) is 0 Å². The number of fused-ring (bicyclic) bond motifs is 2. The van der Waals surface area contributed by atoms with Gasteiger partial charge in [-0.25, -0.2) is 9.97 Å². The van der Waals surface area contributed by atoms with Gasteiger partial charge in [0.05, 0.1) is 18.1 Å². The number of benzene rings is 1. The van der Waals surface area contributed by atoms with Gasteiger partial charge in [-0.15, -0.1) is 0 Å². The SMILES string of the molecule is C[C@@H]1[C@H](C)[C@@H]([C@H]2OCc3cc(Cl)ccc32)C[C@H]1n1ccc2c(Cl)ncnc21. The van der Waals surface area contributed by atoms with Gasteiger partial charge in [-0.2, -0.15) is 0 Å². The highest BCUT2D eigenvalue weighted by molar-refractivity contribution is 6.33. The summed E-state index contributed by atoms with van der Waals surface area (Å²) >= 11 is 12.4. The van der Waals surface area contributed by atoms with Crippen LogP contribution in [0.25, 0.3) is 11.0 Å². The zero-order valence-corrected chi connectivity index (χ0v) is 16.8. The molecule has 1 aromatic carbocycles. The van der Waals surface area contributed by atoms with Gasteiger partial charge in [0.25, 0.3) is 0 Å². The number of ether oxygens (including phenoxy) is 1. The van der Waals surface area contributed by atoms with Crippen LogP contribution in [0.5, 0.6) is 0 Å². The molecule has 0 bridgehead atoms. The standard InChI is InChI=1S/C21H21Cl2N3O/c1-11-12(2)18(26-6-5-16-20(23)24-10-25-21(16)26)8-17(11)19-15-4-3-14(22)7-13(15)9-27-19/h3-7,10-12,17-19H,8-9H2,1-2H3/t11-,12+,17-,18+,19-/m0/s1. The molecule has 0 unspecified atom stereocenters. The quantitative estimate of drug-likeness (QED) is 0.506. The van der Waals surface area contributed by atoms with Gasteiger partial charge in [-0.05, 0) is 53.5 Å². The van der Waals surface area contributed by atoms with Crippen LogP contribution in [0.15, 0.2) is 36.8 Å². The maximum Gasteiger partial charge on any atom is 0.145 e. The summed E-state index contributed by atoms with van der Waals surface area (Å²) in [6, 6.07) is 8.54. The number of rotatable bonds is 2. The molecule has 5 rings (SSSR count). The van der Waals surface area contributed by atoms with E-state index in [0.29, 0.717) is 35.6 Å². The summed E-state index contributed by atoms with van der Waals surface area (Å²) in [5.41, 5.74) is 3.44. The predicted molar refractivity (Wildman–Crippen MR) is 107 cm³/mol. The Labute approximate surface area is 168 Å². The van der Waals surface area contributed by atoms with E-state index in [-0.39, 0.29) is 6.10 Å². The molecule has 5 atom stereocenters. The number of hydrogen-bond acceptors (Lipinski definition) is 3. The topological polar surface area (TPSA) is 39.9 Å². The Balaban J connectivity index is 1.49. The molecule has 27 heavy (non-hydrogen) atoms. The first kappa shape index (κ1) is 17.5. The lowest BCUT2D eigenvalue weighted by atomic mass is 9.85. The largest absolute Gasteiger partial charge is 0.369 e. The monoisotopic (exact) mass is 401 g/mol. The van der Waals surface area contributed by atoms with Gasteiger partial charge in [0, 0.05) is 17.3 Å². The fourth-order valence-electron chi connectivity index (χ4n) is 5.02. The van der Waals surface area contributed by atoms with Gasteiger partial charge in [0.2, 0.25) is 0 Å². The highest BCUT2D eigenvalue weighted by Crippen LogP contribution is 2.53. The Kier molecular flexibility index (Phi) is 4.19. The van der Waals surface area contributed by atoms with E-state index in [2.05, 4.69) is 40.6 Å². The molecule has 1 saturated carbocycles. The number of aromatic nitrogens is 3. The fourth-order valence-corrected chi connectivity index (χ4v) is 5.41. The van der Waals surface area contributed by atoms with Crippen molar-refractivity contribution >= 4 is 34.2 Å². The first-order valence-corrected chi connectivity index (χ1v) is 10.2. The van der Waals surface area contributed by atoms with Crippen molar-refractivity contribution in [3.05, 3.63) is 58.1 Å². The molecular weight excluding hydrogens is 381 g/mol. The van der Waals surface area contributed by atoms with Crippen LogP contribution in [0.1, 0.15) is 43.5 Å². The smallest absolute Gasteiger partial charge is 0.145 e. The van der Waals surface area contributed by atoms with Gasteiger partial charge in [0.1, 0.15) is 17.1 Å². The van der Waals surface area contributed by atoms with E-state index < -0.39 is 0 Å². The minimum atomic E-state index is 0.139. The second-order valence-electron chi connectivity index (χ2n) is 7.88. The maximum absolute atomic E-state index is 6.25. The summed E-state index contributed by atoms with van der Waals surface area (Å²) in [5, 5.41) is 2.21. The maximum atomic E-state index is 6.25. The summed E-state index contributed by atoms with van der Waals surface area (Å²) in [7, 11) is 0. The Morgan fingerprint density at radius 3 is 2.81 bits per heavy atom. The molecule has 1 aliphatic carbocycles. The summed E-state index contributed by atoms with van der Waals surface area (Å²) in [4.78, 5) is 8.60. The molecule has 4 nitrogen and oxygen atoms in total. The van der Waals surface area contributed by atoms with E-state index in [9.17, 15) is 0 Å². The molecule has 1 fully saturated rings. The van der Waals surface area contributed by atoms with E-state index in [1.54, 1.807) is 6.33 Å². The molecule has 3 aromatic rings. The van der Waals surface area contributed by atoms with Crippen molar-refractivity contribution in [3.8, 4) is 0 Å². The molecule has 0 saturated heterocycles. The Morgan fingerprint density at radius 1 is 1.11 bits per heavy atom. The van der Waals surface area contributed by atoms with E-state index in [4.69, 9.17) is 27.9 Å². The lowest BCUT2D eigenvalue weighted by Gasteiger charge is -2.24. The Morgan fingerprint density at radius 2 is 1.96 bits per heavy atom. The predicted octanol–water partition coefficient (Wildman–Crippen LogP) is 5.84. The first-order valence-electron chi connectivity index (χ1n) is 9.41. The highest BCUT2D eigenvalue weighted by atomic mass is 35.5. The number of halogens is 2. The lowest BCUT2D eigenvalue weighted by Crippen LogP contribution is -2.17. The van der Waals surface area contributed by atoms with Crippen molar-refractivity contribution in [1.82, 2.24) is 14.5 Å². The van der Waals surface area contributed by atoms with Crippen molar-refractivity contribution < 1.29 is 4.74 Å². The first-order chi connectivity index (χ1) is 13.0. The molecule has 6 heteroatoms. The molecule has 3 heterocycles. The van der Waals surface area contributed by atoms with Crippen LogP contribution in [0.3, 0.4) is 0 Å². The molecule has 0 N–H and O–H groups in total. The second kappa shape index (κ2) is 6.47. The summed E-state index contributed by atoms with van der Waals surface area (Å²) < 4.78 is 8.52. The average molecular weight is 402 g/mol. The van der Waals surface area contributed by atoms with Crippen LogP contribution >= 0.6 is 23.2 Å². The van der Waals surface area contributed by atoms with Crippen molar-refractivity contribution in [2.45, 2.75) is 39.0 Å². The van der Waals surface area contributed by atoms with Gasteiger partial charge in [-0.3, -0.25) is 0 Å². The third-order valence-electron chi connectivity index (χ3n) is 6.66. The van der Waals surface area contributed by atoms with E-state index >= 15 is 0 Å². The van der Waals surface area contributed by atoms with Gasteiger partial charge >= 0.3 is 0 Å². The van der Waals surface area contributed by atoms with Crippen molar-refractivity contribution in [3.63, 3.8) is 0 Å². The minimum absolute atomic E-state index is 0.139. The zero-order chi connectivity index (χ0) is 18.7. The Bertz CT molecular complexity index is 1020. The van der Waals surface area contributed by atoms with Gasteiger partial charge in [0.15, 0.2) is 0 Å². The molecule has 2 aromatic heterocycles. The normalized spacial score (nSPS) is 30.1. The summed E-state index contributed by atoms with van der Waals surface area (Å²) in [5.74, 6) is 1.51. The molecule has 0 spiro atoms. The van der Waals surface area contributed by atoms with E-state index in [0.717, 1.165) is 22.5 Å². The molecular formula is C21H21Cl2N3O. The lowest BCUT2D eigenvalue weighted by molar-refractivity contribution is 0.00943.